The summed E-state index contributed by atoms with van der Waals surface area (Å²) in [6.07, 6.45) is 0. The average Bonchev–Trinajstić information content (AvgIpc) is 2.52. The molecule has 5 heteroatoms. The van der Waals surface area contributed by atoms with Crippen LogP contribution in [0.1, 0.15) is 0 Å². The van der Waals surface area contributed by atoms with Gasteiger partial charge < -0.3 is 9.64 Å². The molecule has 2 aromatic rings. The Morgan fingerprint density at radius 2 is 2.05 bits per heavy atom. The number of thioether (sulfide) groups is 1. The lowest BCUT2D eigenvalue weighted by Gasteiger charge is -2.29. The van der Waals surface area contributed by atoms with Crippen LogP contribution < -0.4 is 9.64 Å². The number of fused-ring (bicyclic) bond motifs is 1. The lowest BCUT2D eigenvalue weighted by Crippen LogP contribution is -2.39. The summed E-state index contributed by atoms with van der Waals surface area (Å²) in [4.78, 5) is 15.1. The maximum absolute atomic E-state index is 13.2. The quantitative estimate of drug-likeness (QED) is 0.815. The molecule has 0 fully saturated rings. The molecule has 0 spiro atoms. The summed E-state index contributed by atoms with van der Waals surface area (Å²) in [5.41, 5.74) is 0.640. The van der Waals surface area contributed by atoms with E-state index in [-0.39, 0.29) is 11.7 Å². The number of amides is 1. The van der Waals surface area contributed by atoms with Crippen molar-refractivity contribution in [3.63, 3.8) is 0 Å². The van der Waals surface area contributed by atoms with Crippen molar-refractivity contribution in [1.29, 1.82) is 0 Å². The topological polar surface area (TPSA) is 29.5 Å². The van der Waals surface area contributed by atoms with Gasteiger partial charge in [0.05, 0.1) is 18.0 Å². The summed E-state index contributed by atoms with van der Waals surface area (Å²) < 4.78 is 18.6. The van der Waals surface area contributed by atoms with Crippen LogP contribution in [-0.4, -0.2) is 24.8 Å². The van der Waals surface area contributed by atoms with Crippen molar-refractivity contribution in [2.24, 2.45) is 0 Å². The van der Waals surface area contributed by atoms with Crippen LogP contribution in [0.25, 0.3) is 0 Å². The normalized spacial score (nSPS) is 13.5. The molecular weight excluding hydrogens is 289 g/mol. The molecule has 21 heavy (non-hydrogen) atoms. The Morgan fingerprint density at radius 3 is 2.86 bits per heavy atom. The summed E-state index contributed by atoms with van der Waals surface area (Å²) in [6.45, 7) is 0.880. The predicted octanol–water partition coefficient (Wildman–Crippen LogP) is 3.34. The lowest BCUT2D eigenvalue weighted by molar-refractivity contribution is -0.116. The number of halogens is 1. The Hall–Kier alpha value is -2.01. The van der Waals surface area contributed by atoms with Gasteiger partial charge in [-0.25, -0.2) is 4.39 Å². The minimum atomic E-state index is -0.360. The van der Waals surface area contributed by atoms with E-state index in [1.807, 2.05) is 30.3 Å². The fourth-order valence-corrected chi connectivity index (χ4v) is 2.99. The van der Waals surface area contributed by atoms with Gasteiger partial charge in [-0.3, -0.25) is 4.79 Å². The first-order chi connectivity index (χ1) is 10.2. The molecule has 0 unspecified atom stereocenters. The number of hydrogen-bond acceptors (Lipinski definition) is 3. The maximum Gasteiger partial charge on any atom is 0.237 e. The van der Waals surface area contributed by atoms with E-state index in [0.717, 1.165) is 4.90 Å². The van der Waals surface area contributed by atoms with Gasteiger partial charge in [0.2, 0.25) is 5.91 Å². The number of benzene rings is 2. The molecule has 0 radical (unpaired) electrons. The standard InChI is InChI=1S/C16H14FNO2S/c17-12-6-7-14-15(10-12)20-9-8-18(14)16(19)11-21-13-4-2-1-3-5-13/h1-7,10H,8-9,11H2. The molecule has 0 saturated heterocycles. The van der Waals surface area contributed by atoms with E-state index < -0.39 is 0 Å². The zero-order valence-corrected chi connectivity index (χ0v) is 12.1. The van der Waals surface area contributed by atoms with Gasteiger partial charge in [0.25, 0.3) is 0 Å². The van der Waals surface area contributed by atoms with Crippen molar-refractivity contribution in [3.05, 3.63) is 54.3 Å². The van der Waals surface area contributed by atoms with Crippen molar-refractivity contribution in [1.82, 2.24) is 0 Å². The van der Waals surface area contributed by atoms with Crippen molar-refractivity contribution in [3.8, 4) is 5.75 Å². The van der Waals surface area contributed by atoms with Crippen molar-refractivity contribution < 1.29 is 13.9 Å². The summed E-state index contributed by atoms with van der Waals surface area (Å²) >= 11 is 1.49. The van der Waals surface area contributed by atoms with Gasteiger partial charge >= 0.3 is 0 Å². The van der Waals surface area contributed by atoms with Crippen LogP contribution in [0.2, 0.25) is 0 Å². The summed E-state index contributed by atoms with van der Waals surface area (Å²) in [6, 6.07) is 14.0. The SMILES string of the molecule is O=C(CSc1ccccc1)N1CCOc2cc(F)ccc21. The van der Waals surface area contributed by atoms with Gasteiger partial charge in [0.15, 0.2) is 0 Å². The highest BCUT2D eigenvalue weighted by atomic mass is 32.2. The van der Waals surface area contributed by atoms with Gasteiger partial charge in [-0.15, -0.1) is 11.8 Å². The zero-order valence-electron chi connectivity index (χ0n) is 11.3. The molecule has 3 rings (SSSR count). The number of hydrogen-bond donors (Lipinski definition) is 0. The number of nitrogens with zero attached hydrogens (tertiary/aromatic N) is 1. The van der Waals surface area contributed by atoms with E-state index >= 15 is 0 Å². The minimum absolute atomic E-state index is 0.0000104. The van der Waals surface area contributed by atoms with E-state index in [0.29, 0.717) is 30.3 Å². The van der Waals surface area contributed by atoms with Crippen LogP contribution >= 0.6 is 11.8 Å². The van der Waals surface area contributed by atoms with Gasteiger partial charge in [-0.2, -0.15) is 0 Å². The molecule has 0 saturated carbocycles. The molecular formula is C16H14FNO2S. The van der Waals surface area contributed by atoms with Crippen molar-refractivity contribution in [2.45, 2.75) is 4.90 Å². The monoisotopic (exact) mass is 303 g/mol. The molecule has 1 amide bonds. The molecule has 0 N–H and O–H groups in total. The molecule has 2 aromatic carbocycles. The number of rotatable bonds is 3. The summed E-state index contributed by atoms with van der Waals surface area (Å²) in [5.74, 6) is 0.418. The third-order valence-electron chi connectivity index (χ3n) is 3.19. The van der Waals surface area contributed by atoms with Crippen LogP contribution in [0.15, 0.2) is 53.4 Å². The maximum atomic E-state index is 13.2. The highest BCUT2D eigenvalue weighted by Gasteiger charge is 2.23. The van der Waals surface area contributed by atoms with E-state index in [4.69, 9.17) is 4.74 Å². The minimum Gasteiger partial charge on any atom is -0.489 e. The third-order valence-corrected chi connectivity index (χ3v) is 4.19. The first-order valence-corrected chi connectivity index (χ1v) is 7.63. The van der Waals surface area contributed by atoms with E-state index in [9.17, 15) is 9.18 Å². The molecule has 1 aliphatic heterocycles. The van der Waals surface area contributed by atoms with Crippen LogP contribution in [0.3, 0.4) is 0 Å². The number of carbonyl (C=O) groups is 1. The second-order valence-electron chi connectivity index (χ2n) is 4.61. The molecule has 0 atom stereocenters. The lowest BCUT2D eigenvalue weighted by atomic mass is 10.2. The largest absolute Gasteiger partial charge is 0.489 e. The molecule has 0 aromatic heterocycles. The predicted molar refractivity (Wildman–Crippen MR) is 81.4 cm³/mol. The Morgan fingerprint density at radius 1 is 1.24 bits per heavy atom. The van der Waals surface area contributed by atoms with E-state index in [1.54, 1.807) is 11.0 Å². The second kappa shape index (κ2) is 6.18. The van der Waals surface area contributed by atoms with Gasteiger partial charge in [0.1, 0.15) is 18.2 Å². The molecule has 3 nitrogen and oxygen atoms in total. The van der Waals surface area contributed by atoms with Gasteiger partial charge in [-0.1, -0.05) is 18.2 Å². The van der Waals surface area contributed by atoms with Crippen molar-refractivity contribution in [2.75, 3.05) is 23.8 Å². The molecule has 1 heterocycles. The van der Waals surface area contributed by atoms with Crippen LogP contribution in [0.5, 0.6) is 5.75 Å². The van der Waals surface area contributed by atoms with Crippen LogP contribution in [0, 0.1) is 5.82 Å². The molecule has 108 valence electrons. The summed E-state index contributed by atoms with van der Waals surface area (Å²) in [5, 5.41) is 0. The second-order valence-corrected chi connectivity index (χ2v) is 5.66. The zero-order chi connectivity index (χ0) is 14.7. The first-order valence-electron chi connectivity index (χ1n) is 6.64. The molecule has 0 bridgehead atoms. The van der Waals surface area contributed by atoms with Crippen molar-refractivity contribution >= 4 is 23.4 Å². The van der Waals surface area contributed by atoms with Crippen LogP contribution in [0.4, 0.5) is 10.1 Å². The smallest absolute Gasteiger partial charge is 0.237 e. The average molecular weight is 303 g/mol. The van der Waals surface area contributed by atoms with E-state index in [1.165, 1.54) is 23.9 Å². The number of anilines is 1. The Balaban J connectivity index is 1.71. The Bertz CT molecular complexity index is 648. The highest BCUT2D eigenvalue weighted by Crippen LogP contribution is 2.32. The van der Waals surface area contributed by atoms with Gasteiger partial charge in [-0.05, 0) is 24.3 Å². The summed E-state index contributed by atoms with van der Waals surface area (Å²) in [7, 11) is 0. The third kappa shape index (κ3) is 3.19. The van der Waals surface area contributed by atoms with Gasteiger partial charge in [0, 0.05) is 11.0 Å². The molecule has 0 aliphatic carbocycles. The fraction of sp³-hybridized carbons (Fsp3) is 0.188. The fourth-order valence-electron chi connectivity index (χ4n) is 2.19. The molecule has 1 aliphatic rings. The Kier molecular flexibility index (Phi) is 4.10. The first kappa shape index (κ1) is 13.9. The van der Waals surface area contributed by atoms with Crippen LogP contribution in [-0.2, 0) is 4.79 Å². The number of ether oxygens (including phenoxy) is 1. The van der Waals surface area contributed by atoms with E-state index in [2.05, 4.69) is 0 Å². The Labute approximate surface area is 126 Å². The number of carbonyl (C=O) groups excluding carboxylic acids is 1. The highest BCUT2D eigenvalue weighted by molar-refractivity contribution is 8.00.